The van der Waals surface area contributed by atoms with E-state index in [2.05, 4.69) is 4.98 Å². The molecule has 5 heteroatoms. The Bertz CT molecular complexity index is 345. The van der Waals surface area contributed by atoms with Crippen LogP contribution in [-0.2, 0) is 5.75 Å². The average molecular weight is 256 g/mol. The topological polar surface area (TPSA) is 57.4 Å². The summed E-state index contributed by atoms with van der Waals surface area (Å²) in [5, 5.41) is 0. The Balaban J connectivity index is 2.58. The van der Waals surface area contributed by atoms with Gasteiger partial charge in [0.15, 0.2) is 11.5 Å². The molecule has 1 aromatic rings. The van der Waals surface area contributed by atoms with E-state index in [0.717, 1.165) is 35.1 Å². The maximum absolute atomic E-state index is 5.70. The fraction of sp³-hybridized carbons (Fsp3) is 0.583. The van der Waals surface area contributed by atoms with E-state index < -0.39 is 0 Å². The van der Waals surface area contributed by atoms with Crippen molar-refractivity contribution in [1.29, 1.82) is 0 Å². The fourth-order valence-corrected chi connectivity index (χ4v) is 2.47. The van der Waals surface area contributed by atoms with Gasteiger partial charge in [-0.05, 0) is 19.1 Å². The molecular weight excluding hydrogens is 236 g/mol. The number of hydrogen-bond acceptors (Lipinski definition) is 5. The van der Waals surface area contributed by atoms with Gasteiger partial charge in [-0.1, -0.05) is 0 Å². The summed E-state index contributed by atoms with van der Waals surface area (Å²) < 4.78 is 10.5. The summed E-state index contributed by atoms with van der Waals surface area (Å²) in [5.41, 5.74) is 6.62. The van der Waals surface area contributed by atoms with Crippen molar-refractivity contribution in [3.8, 4) is 11.5 Å². The molecule has 1 rings (SSSR count). The Morgan fingerprint density at radius 1 is 1.41 bits per heavy atom. The van der Waals surface area contributed by atoms with Gasteiger partial charge in [-0.2, -0.15) is 11.8 Å². The molecule has 0 bridgehead atoms. The number of hydrogen-bond donors (Lipinski definition) is 1. The number of pyridine rings is 1. The first-order chi connectivity index (χ1) is 8.19. The Morgan fingerprint density at radius 3 is 2.76 bits per heavy atom. The van der Waals surface area contributed by atoms with Gasteiger partial charge in [0.25, 0.3) is 0 Å². The minimum Gasteiger partial charge on any atom is -0.493 e. The second-order valence-corrected chi connectivity index (χ2v) is 4.92. The highest BCUT2D eigenvalue weighted by Crippen LogP contribution is 2.31. The third kappa shape index (κ3) is 4.44. The average Bonchev–Trinajstić information content (AvgIpc) is 2.33. The van der Waals surface area contributed by atoms with Crippen LogP contribution in [0.4, 0.5) is 0 Å². The van der Waals surface area contributed by atoms with Crippen LogP contribution < -0.4 is 15.2 Å². The molecule has 1 unspecified atom stereocenters. The quantitative estimate of drug-likeness (QED) is 0.757. The lowest BCUT2D eigenvalue weighted by molar-refractivity contribution is 0.350. The molecule has 0 aromatic carbocycles. The molecule has 0 spiro atoms. The fourth-order valence-electron chi connectivity index (χ4n) is 1.39. The van der Waals surface area contributed by atoms with E-state index in [1.54, 1.807) is 38.2 Å². The van der Waals surface area contributed by atoms with Crippen LogP contribution in [0.3, 0.4) is 0 Å². The Labute approximate surface area is 107 Å². The number of aromatic nitrogens is 1. The number of nitrogens with two attached hydrogens (primary N) is 1. The molecule has 1 heterocycles. The van der Waals surface area contributed by atoms with Crippen molar-refractivity contribution >= 4 is 11.8 Å². The largest absolute Gasteiger partial charge is 0.493 e. The zero-order chi connectivity index (χ0) is 12.7. The van der Waals surface area contributed by atoms with Crippen molar-refractivity contribution in [2.24, 2.45) is 5.73 Å². The highest BCUT2D eigenvalue weighted by atomic mass is 32.2. The molecule has 0 aliphatic heterocycles. The van der Waals surface area contributed by atoms with Crippen LogP contribution in [0.1, 0.15) is 19.0 Å². The number of nitrogens with zero attached hydrogens (tertiary/aromatic N) is 1. The summed E-state index contributed by atoms with van der Waals surface area (Å²) in [4.78, 5) is 4.32. The molecule has 0 fully saturated rings. The van der Waals surface area contributed by atoms with Gasteiger partial charge >= 0.3 is 0 Å². The summed E-state index contributed by atoms with van der Waals surface area (Å²) in [6.07, 6.45) is 2.75. The van der Waals surface area contributed by atoms with E-state index in [1.165, 1.54) is 0 Å². The second kappa shape index (κ2) is 7.40. The molecule has 4 nitrogen and oxygen atoms in total. The molecule has 17 heavy (non-hydrogen) atoms. The van der Waals surface area contributed by atoms with Gasteiger partial charge < -0.3 is 15.2 Å². The zero-order valence-corrected chi connectivity index (χ0v) is 11.4. The molecule has 0 saturated carbocycles. The van der Waals surface area contributed by atoms with Gasteiger partial charge in [-0.3, -0.25) is 4.98 Å². The van der Waals surface area contributed by atoms with Crippen molar-refractivity contribution < 1.29 is 9.47 Å². The van der Waals surface area contributed by atoms with Gasteiger partial charge in [0.2, 0.25) is 0 Å². The lowest BCUT2D eigenvalue weighted by Gasteiger charge is -2.11. The van der Waals surface area contributed by atoms with Crippen molar-refractivity contribution in [1.82, 2.24) is 4.98 Å². The number of thioether (sulfide) groups is 1. The molecule has 2 N–H and O–H groups in total. The third-order valence-electron chi connectivity index (χ3n) is 2.32. The molecule has 0 aliphatic rings. The predicted molar refractivity (Wildman–Crippen MR) is 71.8 cm³/mol. The van der Waals surface area contributed by atoms with Gasteiger partial charge in [-0.25, -0.2) is 0 Å². The summed E-state index contributed by atoms with van der Waals surface area (Å²) in [5.74, 6) is 3.29. The summed E-state index contributed by atoms with van der Waals surface area (Å²) >= 11 is 1.81. The van der Waals surface area contributed by atoms with Crippen LogP contribution in [0.2, 0.25) is 0 Å². The Morgan fingerprint density at radius 2 is 2.18 bits per heavy atom. The second-order valence-electron chi connectivity index (χ2n) is 3.81. The van der Waals surface area contributed by atoms with Gasteiger partial charge in [-0.15, -0.1) is 0 Å². The first kappa shape index (κ1) is 14.1. The molecular formula is C12H20N2O2S. The smallest absolute Gasteiger partial charge is 0.183 e. The third-order valence-corrected chi connectivity index (χ3v) is 3.32. The van der Waals surface area contributed by atoms with Gasteiger partial charge in [0.1, 0.15) is 0 Å². The lowest BCUT2D eigenvalue weighted by atomic mass is 10.3. The van der Waals surface area contributed by atoms with Crippen LogP contribution in [-0.4, -0.2) is 31.0 Å². The Kier molecular flexibility index (Phi) is 6.15. The minimum absolute atomic E-state index is 0.252. The van der Waals surface area contributed by atoms with Crippen molar-refractivity contribution in [3.63, 3.8) is 0 Å². The lowest BCUT2D eigenvalue weighted by Crippen LogP contribution is -2.15. The predicted octanol–water partition coefficient (Wildman–Crippen LogP) is 2.07. The van der Waals surface area contributed by atoms with Crippen molar-refractivity contribution in [3.05, 3.63) is 18.0 Å². The normalized spacial score (nSPS) is 12.2. The molecule has 96 valence electrons. The van der Waals surface area contributed by atoms with Crippen LogP contribution in [0.15, 0.2) is 12.3 Å². The van der Waals surface area contributed by atoms with Crippen molar-refractivity contribution in [2.45, 2.75) is 25.1 Å². The molecule has 1 aromatic heterocycles. The van der Waals surface area contributed by atoms with Crippen LogP contribution in [0, 0.1) is 0 Å². The van der Waals surface area contributed by atoms with Crippen LogP contribution >= 0.6 is 11.8 Å². The summed E-state index contributed by atoms with van der Waals surface area (Å²) in [7, 11) is 3.26. The standard InChI is InChI=1S/C12H20N2O2S/c1-9(13)5-7-17-8-10-12(16-3)11(15-2)4-6-14-10/h4,6,9H,5,7-8,13H2,1-3H3. The minimum atomic E-state index is 0.252. The van der Waals surface area contributed by atoms with E-state index in [9.17, 15) is 0 Å². The molecule has 0 saturated heterocycles. The van der Waals surface area contributed by atoms with Crippen molar-refractivity contribution in [2.75, 3.05) is 20.0 Å². The maximum Gasteiger partial charge on any atom is 0.183 e. The molecule has 0 aliphatic carbocycles. The summed E-state index contributed by atoms with van der Waals surface area (Å²) in [6.45, 7) is 2.02. The van der Waals surface area contributed by atoms with E-state index in [4.69, 9.17) is 15.2 Å². The zero-order valence-electron chi connectivity index (χ0n) is 10.6. The highest BCUT2D eigenvalue weighted by Gasteiger charge is 2.10. The van der Waals surface area contributed by atoms with Crippen LogP contribution in [0.5, 0.6) is 11.5 Å². The van der Waals surface area contributed by atoms with E-state index >= 15 is 0 Å². The number of methoxy groups -OCH3 is 2. The van der Waals surface area contributed by atoms with Gasteiger partial charge in [0, 0.05) is 24.1 Å². The monoisotopic (exact) mass is 256 g/mol. The summed E-state index contributed by atoms with van der Waals surface area (Å²) in [6, 6.07) is 2.05. The number of ether oxygens (including phenoxy) is 2. The number of rotatable bonds is 7. The van der Waals surface area contributed by atoms with E-state index in [-0.39, 0.29) is 6.04 Å². The Hall–Kier alpha value is -0.940. The SMILES string of the molecule is COc1ccnc(CSCCC(C)N)c1OC. The molecule has 0 amide bonds. The molecule has 1 atom stereocenters. The molecule has 0 radical (unpaired) electrons. The first-order valence-corrected chi connectivity index (χ1v) is 6.73. The maximum atomic E-state index is 5.70. The van der Waals surface area contributed by atoms with Crippen LogP contribution in [0.25, 0.3) is 0 Å². The van der Waals surface area contributed by atoms with E-state index in [0.29, 0.717) is 0 Å². The van der Waals surface area contributed by atoms with Gasteiger partial charge in [0.05, 0.1) is 19.9 Å². The van der Waals surface area contributed by atoms with E-state index in [1.807, 2.05) is 6.92 Å². The highest BCUT2D eigenvalue weighted by molar-refractivity contribution is 7.98. The first-order valence-electron chi connectivity index (χ1n) is 5.58.